The number of aromatic nitrogens is 2. The summed E-state index contributed by atoms with van der Waals surface area (Å²) in [6.45, 7) is 0. The molecule has 0 bridgehead atoms. The number of fused-ring (bicyclic) bond motifs is 1. The third-order valence-corrected chi connectivity index (χ3v) is 5.35. The second kappa shape index (κ2) is 10.2. The van der Waals surface area contributed by atoms with Gasteiger partial charge in [-0.15, -0.1) is 0 Å². The van der Waals surface area contributed by atoms with Crippen molar-refractivity contribution in [2.75, 3.05) is 10.9 Å². The zero-order chi connectivity index (χ0) is 24.9. The number of benzene rings is 3. The number of carbonyl (C=O) groups is 2. The zero-order valence-corrected chi connectivity index (χ0v) is 19.1. The highest BCUT2D eigenvalue weighted by Crippen LogP contribution is 2.28. The summed E-state index contributed by atoms with van der Waals surface area (Å²) in [4.78, 5) is 43.7. The van der Waals surface area contributed by atoms with Crippen LogP contribution < -0.4 is 21.7 Å². The Bertz CT molecular complexity index is 1460. The van der Waals surface area contributed by atoms with Crippen molar-refractivity contribution in [3.05, 3.63) is 98.3 Å². The SMILES string of the molecule is O=C(NNc1ncnc(NNC(=O)c2cccc3ccccc23)c1[N+](=O)[O-])c1ccc(Cl)cc1Cl. The van der Waals surface area contributed by atoms with Crippen molar-refractivity contribution in [3.63, 3.8) is 0 Å². The summed E-state index contributed by atoms with van der Waals surface area (Å²) < 4.78 is 0. The van der Waals surface area contributed by atoms with Crippen LogP contribution >= 0.6 is 23.2 Å². The predicted molar refractivity (Wildman–Crippen MR) is 131 cm³/mol. The summed E-state index contributed by atoms with van der Waals surface area (Å²) in [7, 11) is 0. The van der Waals surface area contributed by atoms with E-state index in [1.165, 1.54) is 18.2 Å². The summed E-state index contributed by atoms with van der Waals surface area (Å²) in [6, 6.07) is 16.7. The maximum atomic E-state index is 12.7. The maximum absolute atomic E-state index is 12.7. The van der Waals surface area contributed by atoms with Gasteiger partial charge in [0.15, 0.2) is 0 Å². The summed E-state index contributed by atoms with van der Waals surface area (Å²) in [5.41, 5.74) is 9.35. The Kier molecular flexibility index (Phi) is 6.90. The number of nitrogens with one attached hydrogen (secondary N) is 4. The average Bonchev–Trinajstić information content (AvgIpc) is 2.85. The molecule has 4 N–H and O–H groups in total. The first kappa shape index (κ1) is 23.7. The van der Waals surface area contributed by atoms with Crippen molar-refractivity contribution in [3.8, 4) is 0 Å². The van der Waals surface area contributed by atoms with E-state index in [1.807, 2.05) is 18.2 Å². The number of hydrogen-bond donors (Lipinski definition) is 4. The minimum atomic E-state index is -0.768. The lowest BCUT2D eigenvalue weighted by Gasteiger charge is -2.12. The number of halogens is 2. The smallest absolute Gasteiger partial charge is 0.276 e. The Morgan fingerprint density at radius 3 is 2.11 bits per heavy atom. The molecule has 0 aliphatic rings. The van der Waals surface area contributed by atoms with Gasteiger partial charge in [0.05, 0.1) is 15.5 Å². The third kappa shape index (κ3) is 5.21. The van der Waals surface area contributed by atoms with Crippen molar-refractivity contribution in [1.82, 2.24) is 20.8 Å². The lowest BCUT2D eigenvalue weighted by molar-refractivity contribution is -0.383. The highest BCUT2D eigenvalue weighted by molar-refractivity contribution is 6.36. The Morgan fingerprint density at radius 2 is 1.46 bits per heavy atom. The molecule has 11 nitrogen and oxygen atoms in total. The largest absolute Gasteiger partial charge is 0.356 e. The number of amides is 2. The first-order valence-corrected chi connectivity index (χ1v) is 10.7. The van der Waals surface area contributed by atoms with Gasteiger partial charge < -0.3 is 0 Å². The number of hydrazine groups is 2. The van der Waals surface area contributed by atoms with Gasteiger partial charge in [-0.3, -0.25) is 41.4 Å². The molecule has 0 aliphatic heterocycles. The summed E-state index contributed by atoms with van der Waals surface area (Å²) in [5.74, 6) is -1.85. The van der Waals surface area contributed by atoms with Crippen molar-refractivity contribution in [2.24, 2.45) is 0 Å². The summed E-state index contributed by atoms with van der Waals surface area (Å²) in [6.07, 6.45) is 1.02. The fourth-order valence-electron chi connectivity index (χ4n) is 3.20. The molecule has 4 aromatic rings. The normalized spacial score (nSPS) is 10.5. The van der Waals surface area contributed by atoms with Crippen LogP contribution in [0.3, 0.4) is 0 Å². The van der Waals surface area contributed by atoms with Crippen LogP contribution in [-0.4, -0.2) is 26.7 Å². The molecule has 0 spiro atoms. The van der Waals surface area contributed by atoms with E-state index in [0.717, 1.165) is 11.7 Å². The molecule has 0 saturated carbocycles. The van der Waals surface area contributed by atoms with Crippen LogP contribution in [0.1, 0.15) is 20.7 Å². The fourth-order valence-corrected chi connectivity index (χ4v) is 3.69. The molecule has 3 aromatic carbocycles. The molecule has 0 fully saturated rings. The second-order valence-corrected chi connectivity index (χ2v) is 7.83. The van der Waals surface area contributed by atoms with Crippen LogP contribution in [-0.2, 0) is 0 Å². The lowest BCUT2D eigenvalue weighted by atomic mass is 10.0. The van der Waals surface area contributed by atoms with E-state index < -0.39 is 22.4 Å². The van der Waals surface area contributed by atoms with Crippen LogP contribution in [0.15, 0.2) is 67.0 Å². The van der Waals surface area contributed by atoms with Gasteiger partial charge in [-0.1, -0.05) is 59.6 Å². The number of hydrogen-bond acceptors (Lipinski definition) is 8. The number of nitro groups is 1. The van der Waals surface area contributed by atoms with Crippen molar-refractivity contribution in [2.45, 2.75) is 0 Å². The summed E-state index contributed by atoms with van der Waals surface area (Å²) >= 11 is 11.8. The molecule has 176 valence electrons. The summed E-state index contributed by atoms with van der Waals surface area (Å²) in [5, 5.41) is 13.7. The number of carbonyl (C=O) groups excluding carboxylic acids is 2. The molecule has 35 heavy (non-hydrogen) atoms. The molecular formula is C22H15Cl2N7O4. The van der Waals surface area contributed by atoms with Crippen molar-refractivity contribution in [1.29, 1.82) is 0 Å². The van der Waals surface area contributed by atoms with E-state index in [0.29, 0.717) is 16.0 Å². The van der Waals surface area contributed by atoms with Gasteiger partial charge in [-0.05, 0) is 35.0 Å². The fraction of sp³-hybridized carbons (Fsp3) is 0. The number of nitrogens with zero attached hydrogens (tertiary/aromatic N) is 3. The molecule has 0 radical (unpaired) electrons. The molecule has 0 unspecified atom stereocenters. The average molecular weight is 512 g/mol. The molecule has 0 atom stereocenters. The Labute approximate surface area is 207 Å². The van der Waals surface area contributed by atoms with E-state index >= 15 is 0 Å². The standard InChI is InChI=1S/C22H15Cl2N7O4/c23-13-8-9-16(17(24)10-13)22(33)30-28-20-18(31(34)35)19(25-11-26-20)27-29-21(32)15-7-3-5-12-4-1-2-6-14(12)15/h1-11H,(H,29,32)(H,30,33)(H2,25,26,27,28). The maximum Gasteiger partial charge on any atom is 0.356 e. The Hall–Kier alpha value is -4.48. The van der Waals surface area contributed by atoms with Gasteiger partial charge in [0, 0.05) is 10.6 Å². The van der Waals surface area contributed by atoms with E-state index in [9.17, 15) is 19.7 Å². The van der Waals surface area contributed by atoms with Crippen LogP contribution in [0.25, 0.3) is 10.8 Å². The molecule has 2 amide bonds. The zero-order valence-electron chi connectivity index (χ0n) is 17.6. The van der Waals surface area contributed by atoms with Crippen molar-refractivity contribution < 1.29 is 14.5 Å². The third-order valence-electron chi connectivity index (χ3n) is 4.80. The minimum Gasteiger partial charge on any atom is -0.276 e. The van der Waals surface area contributed by atoms with E-state index in [4.69, 9.17) is 23.2 Å². The van der Waals surface area contributed by atoms with Crippen LogP contribution in [0.4, 0.5) is 17.3 Å². The van der Waals surface area contributed by atoms with E-state index in [1.54, 1.807) is 24.3 Å². The number of anilines is 2. The molecule has 0 saturated heterocycles. The van der Waals surface area contributed by atoms with Crippen LogP contribution in [0, 0.1) is 10.1 Å². The molecular weight excluding hydrogens is 497 g/mol. The van der Waals surface area contributed by atoms with Crippen molar-refractivity contribution >= 4 is 63.1 Å². The predicted octanol–water partition coefficient (Wildman–Crippen LogP) is 4.36. The van der Waals surface area contributed by atoms with E-state index in [-0.39, 0.29) is 22.2 Å². The monoisotopic (exact) mass is 511 g/mol. The van der Waals surface area contributed by atoms with Gasteiger partial charge >= 0.3 is 5.69 Å². The molecule has 4 rings (SSSR count). The number of rotatable bonds is 7. The second-order valence-electron chi connectivity index (χ2n) is 6.99. The highest BCUT2D eigenvalue weighted by Gasteiger charge is 2.24. The van der Waals surface area contributed by atoms with Crippen LogP contribution in [0.5, 0.6) is 0 Å². The molecule has 1 aromatic heterocycles. The quantitative estimate of drug-likeness (QED) is 0.211. The van der Waals surface area contributed by atoms with Gasteiger partial charge in [-0.25, -0.2) is 9.97 Å². The lowest BCUT2D eigenvalue weighted by Crippen LogP contribution is -2.32. The molecule has 13 heteroatoms. The van der Waals surface area contributed by atoms with Gasteiger partial charge in [0.25, 0.3) is 11.8 Å². The first-order valence-electron chi connectivity index (χ1n) is 9.90. The molecule has 1 heterocycles. The van der Waals surface area contributed by atoms with E-state index in [2.05, 4.69) is 31.7 Å². The Morgan fingerprint density at radius 1 is 0.829 bits per heavy atom. The topological polar surface area (TPSA) is 151 Å². The molecule has 0 aliphatic carbocycles. The first-order chi connectivity index (χ1) is 16.8. The van der Waals surface area contributed by atoms with Gasteiger partial charge in [0.1, 0.15) is 6.33 Å². The van der Waals surface area contributed by atoms with Gasteiger partial charge in [0.2, 0.25) is 11.6 Å². The van der Waals surface area contributed by atoms with Crippen LogP contribution in [0.2, 0.25) is 10.0 Å². The Balaban J connectivity index is 1.51. The highest BCUT2D eigenvalue weighted by atomic mass is 35.5. The van der Waals surface area contributed by atoms with Gasteiger partial charge in [-0.2, -0.15) is 0 Å². The minimum absolute atomic E-state index is 0.0842.